The maximum atomic E-state index is 12.5. The van der Waals surface area contributed by atoms with Gasteiger partial charge in [-0.3, -0.25) is 0 Å². The topological polar surface area (TPSA) is 78.8 Å². The van der Waals surface area contributed by atoms with Crippen LogP contribution in [0.4, 0.5) is 0 Å². The van der Waals surface area contributed by atoms with Gasteiger partial charge in [0.05, 0.1) is 7.11 Å². The highest BCUT2D eigenvalue weighted by molar-refractivity contribution is 6.02. The molecule has 0 fully saturated rings. The van der Waals surface area contributed by atoms with Crippen molar-refractivity contribution in [3.8, 4) is 0 Å². The third-order valence-electron chi connectivity index (χ3n) is 4.99. The van der Waals surface area contributed by atoms with Crippen LogP contribution in [0.2, 0.25) is 0 Å². The molecule has 0 saturated heterocycles. The first-order chi connectivity index (χ1) is 14.1. The van der Waals surface area contributed by atoms with E-state index in [1.807, 2.05) is 47.0 Å². The second-order valence-electron chi connectivity index (χ2n) is 6.68. The van der Waals surface area contributed by atoms with E-state index in [9.17, 15) is 4.79 Å². The monoisotopic (exact) mass is 387 g/mol. The number of aromatic nitrogens is 1. The summed E-state index contributed by atoms with van der Waals surface area (Å²) in [5, 5.41) is 7.02. The van der Waals surface area contributed by atoms with Gasteiger partial charge in [-0.1, -0.05) is 59.8 Å². The molecular formula is C23H21N3O3. The number of rotatable bonds is 5. The van der Waals surface area contributed by atoms with Crippen molar-refractivity contribution in [3.05, 3.63) is 83.6 Å². The molecule has 0 amide bonds. The van der Waals surface area contributed by atoms with E-state index in [1.54, 1.807) is 0 Å². The summed E-state index contributed by atoms with van der Waals surface area (Å²) in [4.78, 5) is 17.3. The predicted octanol–water partition coefficient (Wildman–Crippen LogP) is 3.90. The van der Waals surface area contributed by atoms with E-state index in [4.69, 9.17) is 15.3 Å². The number of esters is 1. The molecule has 6 heteroatoms. The lowest BCUT2D eigenvalue weighted by molar-refractivity contribution is 0.0589. The Morgan fingerprint density at radius 3 is 2.59 bits per heavy atom. The van der Waals surface area contributed by atoms with Crippen LogP contribution in [-0.2, 0) is 16.1 Å². The highest BCUT2D eigenvalue weighted by Crippen LogP contribution is 2.26. The third-order valence-corrected chi connectivity index (χ3v) is 4.99. The van der Waals surface area contributed by atoms with Crippen molar-refractivity contribution in [1.82, 2.24) is 4.57 Å². The zero-order valence-electron chi connectivity index (χ0n) is 16.3. The summed E-state index contributed by atoms with van der Waals surface area (Å²) >= 11 is 0. The van der Waals surface area contributed by atoms with Crippen LogP contribution in [-0.4, -0.2) is 30.6 Å². The molecule has 0 aliphatic heterocycles. The van der Waals surface area contributed by atoms with Gasteiger partial charge in [-0.25, -0.2) is 4.79 Å². The van der Waals surface area contributed by atoms with Crippen LogP contribution in [0.15, 0.2) is 71.9 Å². The molecule has 0 spiro atoms. The van der Waals surface area contributed by atoms with E-state index in [0.717, 1.165) is 27.2 Å². The molecule has 146 valence electrons. The molecule has 0 atom stereocenters. The summed E-state index contributed by atoms with van der Waals surface area (Å²) in [6.45, 7) is 0.514. The number of ether oxygens (including phenoxy) is 1. The molecule has 2 N–H and O–H groups in total. The van der Waals surface area contributed by atoms with Gasteiger partial charge in [0.2, 0.25) is 0 Å². The van der Waals surface area contributed by atoms with Crippen molar-refractivity contribution in [2.75, 3.05) is 14.2 Å². The van der Waals surface area contributed by atoms with Crippen LogP contribution in [0.3, 0.4) is 0 Å². The minimum absolute atomic E-state index is 0.270. The van der Waals surface area contributed by atoms with Gasteiger partial charge >= 0.3 is 5.97 Å². The third kappa shape index (κ3) is 3.40. The number of nitrogens with two attached hydrogens (primary N) is 1. The Bertz CT molecular complexity index is 1240. The lowest BCUT2D eigenvalue weighted by Gasteiger charge is -2.12. The van der Waals surface area contributed by atoms with Crippen LogP contribution in [0.25, 0.3) is 21.7 Å². The van der Waals surface area contributed by atoms with E-state index >= 15 is 0 Å². The number of benzene rings is 3. The second-order valence-corrected chi connectivity index (χ2v) is 6.68. The number of hydrogen-bond donors (Lipinski definition) is 1. The summed E-state index contributed by atoms with van der Waals surface area (Å²) in [7, 11) is 2.83. The Morgan fingerprint density at radius 2 is 1.79 bits per heavy atom. The fraction of sp³-hybridized carbons (Fsp3) is 0.130. The first-order valence-corrected chi connectivity index (χ1v) is 9.17. The van der Waals surface area contributed by atoms with Crippen molar-refractivity contribution in [3.63, 3.8) is 0 Å². The second kappa shape index (κ2) is 7.67. The van der Waals surface area contributed by atoms with Crippen LogP contribution < -0.4 is 5.73 Å². The quantitative estimate of drug-likeness (QED) is 0.244. The number of nitrogens with zero attached hydrogens (tertiary/aromatic N) is 2. The number of hydrogen-bond acceptors (Lipinski definition) is 4. The SMILES string of the molecule is CO/N=C(\N)c1ccc2cc(C(=O)OC)n(Cc3cccc4ccccc34)c2c1. The van der Waals surface area contributed by atoms with Crippen molar-refractivity contribution >= 4 is 33.5 Å². The molecule has 0 aliphatic rings. The molecule has 1 heterocycles. The van der Waals surface area contributed by atoms with Gasteiger partial charge in [-0.15, -0.1) is 0 Å². The zero-order valence-corrected chi connectivity index (χ0v) is 16.3. The van der Waals surface area contributed by atoms with Gasteiger partial charge in [0.15, 0.2) is 5.84 Å². The van der Waals surface area contributed by atoms with Crippen molar-refractivity contribution in [2.45, 2.75) is 6.54 Å². The van der Waals surface area contributed by atoms with Gasteiger partial charge in [0, 0.05) is 23.0 Å². The fourth-order valence-corrected chi connectivity index (χ4v) is 3.61. The highest BCUT2D eigenvalue weighted by Gasteiger charge is 2.18. The van der Waals surface area contributed by atoms with Gasteiger partial charge in [0.1, 0.15) is 12.8 Å². The van der Waals surface area contributed by atoms with Crippen LogP contribution >= 0.6 is 0 Å². The maximum absolute atomic E-state index is 12.5. The first kappa shape index (κ1) is 18.6. The largest absolute Gasteiger partial charge is 0.464 e. The minimum Gasteiger partial charge on any atom is -0.464 e. The normalized spacial score (nSPS) is 11.7. The molecule has 6 nitrogen and oxygen atoms in total. The van der Waals surface area contributed by atoms with Crippen molar-refractivity contribution < 1.29 is 14.4 Å². The Balaban J connectivity index is 1.91. The Kier molecular flexibility index (Phi) is 4.91. The number of fused-ring (bicyclic) bond motifs is 2. The van der Waals surface area contributed by atoms with E-state index in [2.05, 4.69) is 29.4 Å². The van der Waals surface area contributed by atoms with Gasteiger partial charge in [0.25, 0.3) is 0 Å². The van der Waals surface area contributed by atoms with Crippen LogP contribution in [0, 0.1) is 0 Å². The lowest BCUT2D eigenvalue weighted by atomic mass is 10.0. The summed E-state index contributed by atoms with van der Waals surface area (Å²) in [5.74, 6) is -0.117. The average molecular weight is 387 g/mol. The Labute approximate surface area is 168 Å². The Morgan fingerprint density at radius 1 is 1.00 bits per heavy atom. The number of carbonyl (C=O) groups excluding carboxylic acids is 1. The minimum atomic E-state index is -0.387. The molecule has 29 heavy (non-hydrogen) atoms. The first-order valence-electron chi connectivity index (χ1n) is 9.17. The molecule has 0 aliphatic carbocycles. The maximum Gasteiger partial charge on any atom is 0.354 e. The molecule has 1 aromatic heterocycles. The van der Waals surface area contributed by atoms with E-state index in [0.29, 0.717) is 17.8 Å². The predicted molar refractivity (Wildman–Crippen MR) is 114 cm³/mol. The summed E-state index contributed by atoms with van der Waals surface area (Å²) in [6.07, 6.45) is 0. The smallest absolute Gasteiger partial charge is 0.354 e. The van der Waals surface area contributed by atoms with Crippen molar-refractivity contribution in [2.24, 2.45) is 10.9 Å². The summed E-state index contributed by atoms with van der Waals surface area (Å²) in [5.41, 5.74) is 9.16. The zero-order chi connectivity index (χ0) is 20.4. The molecule has 0 radical (unpaired) electrons. The van der Waals surface area contributed by atoms with Gasteiger partial charge < -0.3 is 19.9 Å². The van der Waals surface area contributed by atoms with E-state index in [1.165, 1.54) is 14.2 Å². The van der Waals surface area contributed by atoms with Gasteiger partial charge in [-0.2, -0.15) is 0 Å². The van der Waals surface area contributed by atoms with Crippen LogP contribution in [0.1, 0.15) is 21.6 Å². The number of amidine groups is 1. The number of methoxy groups -OCH3 is 1. The Hall–Kier alpha value is -3.80. The highest BCUT2D eigenvalue weighted by atomic mass is 16.6. The summed E-state index contributed by atoms with van der Waals surface area (Å²) < 4.78 is 6.97. The molecule has 4 rings (SSSR count). The average Bonchev–Trinajstić information content (AvgIpc) is 3.11. The van der Waals surface area contributed by atoms with E-state index in [-0.39, 0.29) is 11.8 Å². The summed E-state index contributed by atoms with van der Waals surface area (Å²) in [6, 6.07) is 21.9. The molecular weight excluding hydrogens is 366 g/mol. The standard InChI is InChI=1S/C23H21N3O3/c1-28-23(27)21-12-16-10-11-17(22(24)25-29-2)13-20(16)26(21)14-18-8-5-7-15-6-3-4-9-19(15)18/h3-13H,14H2,1-2H3,(H2,24,25). The van der Waals surface area contributed by atoms with Crippen molar-refractivity contribution in [1.29, 1.82) is 0 Å². The molecule has 3 aromatic carbocycles. The van der Waals surface area contributed by atoms with Gasteiger partial charge in [-0.05, 0) is 28.5 Å². The van der Waals surface area contributed by atoms with Crippen LogP contribution in [0.5, 0.6) is 0 Å². The van der Waals surface area contributed by atoms with E-state index < -0.39 is 0 Å². The molecule has 0 unspecified atom stereocenters. The number of carbonyl (C=O) groups is 1. The molecule has 0 saturated carbocycles. The molecule has 4 aromatic rings. The lowest BCUT2D eigenvalue weighted by Crippen LogP contribution is -2.14. The molecule has 0 bridgehead atoms. The number of oxime groups is 1. The fourth-order valence-electron chi connectivity index (χ4n) is 3.61.